The smallest absolute Gasteiger partial charge is 0.254 e. The average molecular weight is 343 g/mol. The molecule has 4 rings (SSSR count). The fraction of sp³-hybridized carbons (Fsp3) is 0.222. The van der Waals surface area contributed by atoms with Gasteiger partial charge in [0.25, 0.3) is 5.91 Å². The number of para-hydroxylation sites is 1. The molecule has 0 radical (unpaired) electrons. The molecule has 2 heterocycles. The van der Waals surface area contributed by atoms with E-state index in [4.69, 9.17) is 16.6 Å². The number of fused-ring (bicyclic) bond motifs is 1. The average Bonchev–Trinajstić information content (AvgIpc) is 3.21. The number of benzene rings is 2. The van der Waals surface area contributed by atoms with Gasteiger partial charge in [0.1, 0.15) is 5.01 Å². The number of thiazole rings is 1. The van der Waals surface area contributed by atoms with Crippen molar-refractivity contribution in [1.29, 1.82) is 0 Å². The summed E-state index contributed by atoms with van der Waals surface area (Å²) < 4.78 is 1.17. The van der Waals surface area contributed by atoms with Gasteiger partial charge in [-0.05, 0) is 49.2 Å². The van der Waals surface area contributed by atoms with Gasteiger partial charge in [0.05, 0.1) is 16.3 Å². The number of halogens is 1. The lowest BCUT2D eigenvalue weighted by molar-refractivity contribution is 0.0735. The zero-order valence-corrected chi connectivity index (χ0v) is 14.0. The van der Waals surface area contributed by atoms with Crippen LogP contribution < -0.4 is 0 Å². The third-order valence-corrected chi connectivity index (χ3v) is 5.59. The number of carbonyl (C=O) groups excluding carboxylic acids is 1. The number of amides is 1. The van der Waals surface area contributed by atoms with Crippen LogP contribution in [0.25, 0.3) is 10.2 Å². The third-order valence-electron chi connectivity index (χ3n) is 4.20. The lowest BCUT2D eigenvalue weighted by atomic mass is 10.1. The highest BCUT2D eigenvalue weighted by Crippen LogP contribution is 2.37. The molecule has 2 aromatic carbocycles. The number of hydrogen-bond donors (Lipinski definition) is 0. The van der Waals surface area contributed by atoms with Crippen LogP contribution >= 0.6 is 22.9 Å². The number of hydrogen-bond acceptors (Lipinski definition) is 3. The molecule has 1 aliphatic heterocycles. The van der Waals surface area contributed by atoms with E-state index in [1.807, 2.05) is 23.1 Å². The quantitative estimate of drug-likeness (QED) is 0.661. The molecule has 1 aliphatic rings. The van der Waals surface area contributed by atoms with Crippen molar-refractivity contribution < 1.29 is 4.79 Å². The van der Waals surface area contributed by atoms with Crippen molar-refractivity contribution in [3.63, 3.8) is 0 Å². The van der Waals surface area contributed by atoms with E-state index in [2.05, 4.69) is 6.07 Å². The van der Waals surface area contributed by atoms with E-state index >= 15 is 0 Å². The Morgan fingerprint density at radius 2 is 1.96 bits per heavy atom. The van der Waals surface area contributed by atoms with E-state index in [0.29, 0.717) is 10.6 Å². The summed E-state index contributed by atoms with van der Waals surface area (Å²) in [5.74, 6) is 0.0587. The highest BCUT2D eigenvalue weighted by Gasteiger charge is 2.32. The van der Waals surface area contributed by atoms with Crippen LogP contribution in [0.4, 0.5) is 0 Å². The van der Waals surface area contributed by atoms with Gasteiger partial charge in [-0.2, -0.15) is 0 Å². The van der Waals surface area contributed by atoms with E-state index in [-0.39, 0.29) is 11.9 Å². The Labute approximate surface area is 143 Å². The van der Waals surface area contributed by atoms with Gasteiger partial charge in [0.15, 0.2) is 0 Å². The summed E-state index contributed by atoms with van der Waals surface area (Å²) >= 11 is 7.60. The molecule has 0 aliphatic carbocycles. The fourth-order valence-electron chi connectivity index (χ4n) is 3.06. The SMILES string of the molecule is O=C(c1ccc(Cl)cc1)N1CCC[C@H]1c1nc2ccccc2s1. The maximum absolute atomic E-state index is 12.8. The first-order valence-electron chi connectivity index (χ1n) is 7.64. The molecule has 23 heavy (non-hydrogen) atoms. The summed E-state index contributed by atoms with van der Waals surface area (Å²) in [7, 11) is 0. The molecular formula is C18H15ClN2OS. The van der Waals surface area contributed by atoms with E-state index < -0.39 is 0 Å². The Kier molecular flexibility index (Phi) is 3.79. The van der Waals surface area contributed by atoms with E-state index in [0.717, 1.165) is 29.9 Å². The normalized spacial score (nSPS) is 17.8. The Balaban J connectivity index is 1.65. The van der Waals surface area contributed by atoms with Crippen LogP contribution in [-0.4, -0.2) is 22.3 Å². The minimum Gasteiger partial charge on any atom is -0.329 e. The van der Waals surface area contributed by atoms with Crippen LogP contribution in [0.1, 0.15) is 34.2 Å². The Morgan fingerprint density at radius 3 is 2.74 bits per heavy atom. The molecule has 1 atom stereocenters. The summed E-state index contributed by atoms with van der Waals surface area (Å²) in [5, 5.41) is 1.68. The van der Waals surface area contributed by atoms with Crippen molar-refractivity contribution in [2.45, 2.75) is 18.9 Å². The number of likely N-dealkylation sites (tertiary alicyclic amines) is 1. The number of carbonyl (C=O) groups is 1. The lowest BCUT2D eigenvalue weighted by Crippen LogP contribution is -2.30. The van der Waals surface area contributed by atoms with Gasteiger partial charge in [-0.3, -0.25) is 4.79 Å². The highest BCUT2D eigenvalue weighted by atomic mass is 35.5. The van der Waals surface area contributed by atoms with Crippen LogP contribution in [0.2, 0.25) is 5.02 Å². The second-order valence-electron chi connectivity index (χ2n) is 5.68. The summed E-state index contributed by atoms with van der Waals surface area (Å²) in [6, 6.07) is 15.3. The molecule has 116 valence electrons. The van der Waals surface area contributed by atoms with Crippen LogP contribution in [-0.2, 0) is 0 Å². The van der Waals surface area contributed by atoms with Gasteiger partial charge < -0.3 is 4.90 Å². The summed E-state index contributed by atoms with van der Waals surface area (Å²) in [4.78, 5) is 19.5. The zero-order valence-electron chi connectivity index (χ0n) is 12.4. The van der Waals surface area contributed by atoms with Crippen molar-refractivity contribution in [3.05, 3.63) is 64.1 Å². The van der Waals surface area contributed by atoms with Crippen molar-refractivity contribution in [3.8, 4) is 0 Å². The van der Waals surface area contributed by atoms with E-state index in [1.54, 1.807) is 35.6 Å². The fourth-order valence-corrected chi connectivity index (χ4v) is 4.30. The second kappa shape index (κ2) is 5.95. The molecule has 1 fully saturated rings. The summed E-state index contributed by atoms with van der Waals surface area (Å²) in [6.07, 6.45) is 1.99. The Bertz CT molecular complexity index is 826. The van der Waals surface area contributed by atoms with Crippen molar-refractivity contribution >= 4 is 39.1 Å². The van der Waals surface area contributed by atoms with Crippen molar-refractivity contribution in [1.82, 2.24) is 9.88 Å². The number of rotatable bonds is 2. The second-order valence-corrected chi connectivity index (χ2v) is 7.18. The molecule has 0 bridgehead atoms. The molecule has 0 spiro atoms. The predicted octanol–water partition coefficient (Wildman–Crippen LogP) is 4.93. The van der Waals surface area contributed by atoms with Gasteiger partial charge in [-0.25, -0.2) is 4.98 Å². The standard InChI is InChI=1S/C18H15ClN2OS/c19-13-9-7-12(8-10-13)18(22)21-11-3-5-15(21)17-20-14-4-1-2-6-16(14)23-17/h1-2,4,6-10,15H,3,5,11H2/t15-/m0/s1. The summed E-state index contributed by atoms with van der Waals surface area (Å²) in [6.45, 7) is 0.780. The molecule has 0 N–H and O–H groups in total. The van der Waals surface area contributed by atoms with Crippen molar-refractivity contribution in [2.75, 3.05) is 6.54 Å². The highest BCUT2D eigenvalue weighted by molar-refractivity contribution is 7.18. The van der Waals surface area contributed by atoms with E-state index in [1.165, 1.54) is 4.70 Å². The van der Waals surface area contributed by atoms with Gasteiger partial charge in [0.2, 0.25) is 0 Å². The molecule has 3 nitrogen and oxygen atoms in total. The van der Waals surface area contributed by atoms with Gasteiger partial charge in [-0.15, -0.1) is 11.3 Å². The van der Waals surface area contributed by atoms with Crippen LogP contribution in [0.3, 0.4) is 0 Å². The van der Waals surface area contributed by atoms with Gasteiger partial charge >= 0.3 is 0 Å². The third kappa shape index (κ3) is 2.73. The van der Waals surface area contributed by atoms with Gasteiger partial charge in [-0.1, -0.05) is 23.7 Å². The zero-order chi connectivity index (χ0) is 15.8. The minimum absolute atomic E-state index is 0.0587. The molecule has 0 saturated carbocycles. The topological polar surface area (TPSA) is 33.2 Å². The number of aromatic nitrogens is 1. The molecule has 5 heteroatoms. The van der Waals surface area contributed by atoms with Gasteiger partial charge in [0, 0.05) is 17.1 Å². The van der Waals surface area contributed by atoms with Crippen LogP contribution in [0, 0.1) is 0 Å². The number of nitrogens with zero attached hydrogens (tertiary/aromatic N) is 2. The first-order valence-corrected chi connectivity index (χ1v) is 8.84. The molecule has 0 unspecified atom stereocenters. The minimum atomic E-state index is 0.0587. The predicted molar refractivity (Wildman–Crippen MR) is 94.1 cm³/mol. The monoisotopic (exact) mass is 342 g/mol. The van der Waals surface area contributed by atoms with Crippen molar-refractivity contribution in [2.24, 2.45) is 0 Å². The van der Waals surface area contributed by atoms with E-state index in [9.17, 15) is 4.79 Å². The Morgan fingerprint density at radius 1 is 1.17 bits per heavy atom. The largest absolute Gasteiger partial charge is 0.329 e. The van der Waals surface area contributed by atoms with Crippen LogP contribution in [0.15, 0.2) is 48.5 Å². The first-order chi connectivity index (χ1) is 11.2. The molecular weight excluding hydrogens is 328 g/mol. The van der Waals surface area contributed by atoms with Crippen LogP contribution in [0.5, 0.6) is 0 Å². The first kappa shape index (κ1) is 14.7. The maximum atomic E-state index is 12.8. The Hall–Kier alpha value is -1.91. The lowest BCUT2D eigenvalue weighted by Gasteiger charge is -2.23. The molecule has 1 amide bonds. The maximum Gasteiger partial charge on any atom is 0.254 e. The summed E-state index contributed by atoms with van der Waals surface area (Å²) in [5.41, 5.74) is 1.70. The molecule has 3 aromatic rings. The molecule has 1 saturated heterocycles. The molecule has 1 aromatic heterocycles.